The Labute approximate surface area is 70.6 Å². The van der Waals surface area contributed by atoms with Gasteiger partial charge >= 0.3 is 0 Å². The first-order chi connectivity index (χ1) is 5.83. The molecule has 0 fully saturated rings. The first kappa shape index (κ1) is 7.05. The number of carbonyl (C=O) groups excluding carboxylic acids is 1. The van der Waals surface area contributed by atoms with Crippen molar-refractivity contribution >= 4 is 11.5 Å². The number of benzene rings is 1. The van der Waals surface area contributed by atoms with Crippen LogP contribution in [-0.2, 0) is 6.42 Å². The van der Waals surface area contributed by atoms with E-state index in [4.69, 9.17) is 6.57 Å². The molecule has 0 aliphatic heterocycles. The van der Waals surface area contributed by atoms with Crippen LogP contribution in [0, 0.1) is 6.57 Å². The van der Waals surface area contributed by atoms with Crippen molar-refractivity contribution < 1.29 is 4.79 Å². The van der Waals surface area contributed by atoms with Crippen LogP contribution in [0.1, 0.15) is 22.3 Å². The number of hydrogen-bond donors (Lipinski definition) is 0. The van der Waals surface area contributed by atoms with Gasteiger partial charge in [0.2, 0.25) is 0 Å². The molecule has 0 bridgehead atoms. The van der Waals surface area contributed by atoms with Crippen LogP contribution in [0.4, 0.5) is 5.69 Å². The standard InChI is InChI=1S/C10H7NO/c1-11-9-4-2-3-8-7(9)5-6-10(8)12/h2-4H,5-6H2. The molecule has 0 unspecified atom stereocenters. The molecule has 0 saturated carbocycles. The number of fused-ring (bicyclic) bond motifs is 1. The smallest absolute Gasteiger partial charge is 0.191 e. The lowest BCUT2D eigenvalue weighted by molar-refractivity contribution is 0.0994. The maximum absolute atomic E-state index is 11.2. The second-order valence-electron chi connectivity index (χ2n) is 2.84. The molecule has 1 aromatic rings. The third-order valence-corrected chi connectivity index (χ3v) is 2.17. The van der Waals surface area contributed by atoms with E-state index in [9.17, 15) is 4.79 Å². The van der Waals surface area contributed by atoms with Crippen molar-refractivity contribution in [3.05, 3.63) is 40.7 Å². The summed E-state index contributed by atoms with van der Waals surface area (Å²) in [6.45, 7) is 6.89. The van der Waals surface area contributed by atoms with Crippen LogP contribution in [0.5, 0.6) is 0 Å². The number of carbonyl (C=O) groups is 1. The van der Waals surface area contributed by atoms with Crippen LogP contribution in [0.2, 0.25) is 0 Å². The number of nitrogens with zero attached hydrogens (tertiary/aromatic N) is 1. The van der Waals surface area contributed by atoms with E-state index < -0.39 is 0 Å². The van der Waals surface area contributed by atoms with E-state index in [1.54, 1.807) is 18.2 Å². The van der Waals surface area contributed by atoms with Gasteiger partial charge in [-0.25, -0.2) is 4.85 Å². The quantitative estimate of drug-likeness (QED) is 0.530. The SMILES string of the molecule is [C-]#[N+]c1cccc2c1CCC2=O. The molecule has 58 valence electrons. The van der Waals surface area contributed by atoms with Crippen LogP contribution < -0.4 is 0 Å². The minimum absolute atomic E-state index is 0.176. The molecule has 1 aliphatic rings. The Morgan fingerprint density at radius 1 is 1.33 bits per heavy atom. The zero-order valence-electron chi connectivity index (χ0n) is 6.50. The Hall–Kier alpha value is -1.62. The normalized spacial score (nSPS) is 14.1. The number of Topliss-reactive ketones (excluding diaryl/α,β-unsaturated/α-hetero) is 1. The van der Waals surface area contributed by atoms with Crippen molar-refractivity contribution in [3.8, 4) is 0 Å². The monoisotopic (exact) mass is 157 g/mol. The average molecular weight is 157 g/mol. The fraction of sp³-hybridized carbons (Fsp3) is 0.200. The Morgan fingerprint density at radius 2 is 2.17 bits per heavy atom. The highest BCUT2D eigenvalue weighted by atomic mass is 16.1. The van der Waals surface area contributed by atoms with Crippen LogP contribution in [0.15, 0.2) is 18.2 Å². The van der Waals surface area contributed by atoms with Crippen LogP contribution >= 0.6 is 0 Å². The number of hydrogen-bond acceptors (Lipinski definition) is 1. The molecule has 0 aromatic heterocycles. The van der Waals surface area contributed by atoms with Gasteiger partial charge in [-0.3, -0.25) is 4.79 Å². The van der Waals surface area contributed by atoms with E-state index in [2.05, 4.69) is 4.85 Å². The lowest BCUT2D eigenvalue weighted by Gasteiger charge is -1.97. The molecule has 0 atom stereocenters. The van der Waals surface area contributed by atoms with E-state index in [-0.39, 0.29) is 5.78 Å². The van der Waals surface area contributed by atoms with Crippen molar-refractivity contribution in [2.45, 2.75) is 12.8 Å². The van der Waals surface area contributed by atoms with Crippen molar-refractivity contribution in [2.24, 2.45) is 0 Å². The van der Waals surface area contributed by atoms with Crippen molar-refractivity contribution in [3.63, 3.8) is 0 Å². The molecular weight excluding hydrogens is 150 g/mol. The van der Waals surface area contributed by atoms with Gasteiger partial charge in [-0.2, -0.15) is 0 Å². The average Bonchev–Trinajstić information content (AvgIpc) is 2.48. The molecule has 1 aliphatic carbocycles. The zero-order chi connectivity index (χ0) is 8.55. The van der Waals surface area contributed by atoms with E-state index in [0.29, 0.717) is 12.1 Å². The second-order valence-corrected chi connectivity index (χ2v) is 2.84. The van der Waals surface area contributed by atoms with E-state index in [0.717, 1.165) is 17.5 Å². The summed E-state index contributed by atoms with van der Waals surface area (Å²) in [6.07, 6.45) is 1.31. The van der Waals surface area contributed by atoms with Gasteiger partial charge in [0.15, 0.2) is 11.5 Å². The fourth-order valence-electron chi connectivity index (χ4n) is 1.58. The van der Waals surface area contributed by atoms with Gasteiger partial charge in [-0.05, 0) is 12.0 Å². The molecule has 1 aromatic carbocycles. The maximum atomic E-state index is 11.2. The topological polar surface area (TPSA) is 21.4 Å². The van der Waals surface area contributed by atoms with Crippen LogP contribution in [0.25, 0.3) is 4.85 Å². The lowest BCUT2D eigenvalue weighted by atomic mass is 10.1. The summed E-state index contributed by atoms with van der Waals surface area (Å²) < 4.78 is 0. The second kappa shape index (κ2) is 2.46. The molecule has 0 amide bonds. The van der Waals surface area contributed by atoms with Crippen LogP contribution in [-0.4, -0.2) is 5.78 Å². The number of ketones is 1. The molecular formula is C10H7NO. The van der Waals surface area contributed by atoms with Crippen molar-refractivity contribution in [1.82, 2.24) is 0 Å². The van der Waals surface area contributed by atoms with Gasteiger partial charge in [0.05, 0.1) is 6.57 Å². The minimum atomic E-state index is 0.176. The minimum Gasteiger partial charge on any atom is -0.294 e. The summed E-state index contributed by atoms with van der Waals surface area (Å²) in [5, 5.41) is 0. The summed E-state index contributed by atoms with van der Waals surface area (Å²) in [7, 11) is 0. The predicted molar refractivity (Wildman–Crippen MR) is 45.4 cm³/mol. The van der Waals surface area contributed by atoms with Crippen LogP contribution in [0.3, 0.4) is 0 Å². The largest absolute Gasteiger partial charge is 0.294 e. The van der Waals surface area contributed by atoms with Gasteiger partial charge in [0.25, 0.3) is 0 Å². The van der Waals surface area contributed by atoms with Crippen molar-refractivity contribution in [2.75, 3.05) is 0 Å². The number of rotatable bonds is 0. The molecule has 2 rings (SSSR count). The molecule has 0 radical (unpaired) electrons. The summed E-state index contributed by atoms with van der Waals surface area (Å²) in [5.74, 6) is 0.176. The molecule has 12 heavy (non-hydrogen) atoms. The van der Waals surface area contributed by atoms with Crippen molar-refractivity contribution in [1.29, 1.82) is 0 Å². The van der Waals surface area contributed by atoms with Gasteiger partial charge in [-0.1, -0.05) is 18.2 Å². The molecule has 2 heteroatoms. The maximum Gasteiger partial charge on any atom is 0.191 e. The van der Waals surface area contributed by atoms with E-state index >= 15 is 0 Å². The van der Waals surface area contributed by atoms with Gasteiger partial charge in [-0.15, -0.1) is 0 Å². The third-order valence-electron chi connectivity index (χ3n) is 2.17. The summed E-state index contributed by atoms with van der Waals surface area (Å²) in [4.78, 5) is 14.6. The summed E-state index contributed by atoms with van der Waals surface area (Å²) in [5.41, 5.74) is 2.33. The fourth-order valence-corrected chi connectivity index (χ4v) is 1.58. The highest BCUT2D eigenvalue weighted by Gasteiger charge is 2.21. The highest BCUT2D eigenvalue weighted by molar-refractivity contribution is 6.02. The first-order valence-electron chi connectivity index (χ1n) is 3.85. The third kappa shape index (κ3) is 0.835. The van der Waals surface area contributed by atoms with Gasteiger partial charge in [0, 0.05) is 12.0 Å². The Morgan fingerprint density at radius 3 is 2.92 bits per heavy atom. The lowest BCUT2D eigenvalue weighted by Crippen LogP contribution is -1.89. The summed E-state index contributed by atoms with van der Waals surface area (Å²) in [6, 6.07) is 5.35. The van der Waals surface area contributed by atoms with Gasteiger partial charge < -0.3 is 0 Å². The predicted octanol–water partition coefficient (Wildman–Crippen LogP) is 2.37. The Kier molecular flexibility index (Phi) is 1.44. The Balaban J connectivity index is 2.68. The molecule has 0 saturated heterocycles. The van der Waals surface area contributed by atoms with Gasteiger partial charge in [0.1, 0.15) is 0 Å². The molecule has 0 spiro atoms. The van der Waals surface area contributed by atoms with E-state index in [1.165, 1.54) is 0 Å². The van der Waals surface area contributed by atoms with E-state index in [1.807, 2.05) is 0 Å². The molecule has 0 heterocycles. The Bertz CT molecular complexity index is 387. The zero-order valence-corrected chi connectivity index (χ0v) is 6.50. The summed E-state index contributed by atoms with van der Waals surface area (Å²) >= 11 is 0. The highest BCUT2D eigenvalue weighted by Crippen LogP contribution is 2.30. The first-order valence-corrected chi connectivity index (χ1v) is 3.85. The molecule has 0 N–H and O–H groups in total. The molecule has 2 nitrogen and oxygen atoms in total.